The van der Waals surface area contributed by atoms with Crippen molar-refractivity contribution in [2.24, 2.45) is 5.10 Å². The molecule has 6 heteroatoms. The van der Waals surface area contributed by atoms with Crippen molar-refractivity contribution in [2.45, 2.75) is 6.92 Å². The number of ether oxygens (including phenoxy) is 1. The predicted octanol–water partition coefficient (Wildman–Crippen LogP) is 3.56. The van der Waals surface area contributed by atoms with Gasteiger partial charge in [0, 0.05) is 10.4 Å². The van der Waals surface area contributed by atoms with Gasteiger partial charge in [-0.1, -0.05) is 11.6 Å². The molecule has 4 nitrogen and oxygen atoms in total. The van der Waals surface area contributed by atoms with E-state index in [1.807, 2.05) is 13.0 Å². The molecule has 0 aliphatic heterocycles. The Labute approximate surface area is 126 Å². The molecule has 1 aromatic carbocycles. The lowest BCUT2D eigenvalue weighted by molar-refractivity contribution is 0.0955. The van der Waals surface area contributed by atoms with Crippen LogP contribution in [0, 0.1) is 0 Å². The summed E-state index contributed by atoms with van der Waals surface area (Å²) in [5.74, 6) is 0.465. The van der Waals surface area contributed by atoms with Crippen molar-refractivity contribution < 1.29 is 9.53 Å². The number of benzene rings is 1. The predicted molar refractivity (Wildman–Crippen MR) is 82.0 cm³/mol. The first-order valence-electron chi connectivity index (χ1n) is 6.00. The third-order valence-corrected chi connectivity index (χ3v) is 3.55. The van der Waals surface area contributed by atoms with Gasteiger partial charge in [-0.25, -0.2) is 5.43 Å². The summed E-state index contributed by atoms with van der Waals surface area (Å²) in [6.45, 7) is 2.51. The standard InChI is InChI=1S/C14H13ClN2O2S/c1-2-19-11-5-3-10(4-6-11)14(18)17-16-9-12-7-8-13(15)20-12/h3-9H,2H2,1H3,(H,17,18)/b16-9-. The number of carbonyl (C=O) groups excluding carboxylic acids is 1. The number of hydrogen-bond donors (Lipinski definition) is 1. The van der Waals surface area contributed by atoms with Gasteiger partial charge in [0.2, 0.25) is 0 Å². The quantitative estimate of drug-likeness (QED) is 0.678. The van der Waals surface area contributed by atoms with Crippen LogP contribution in [0.1, 0.15) is 22.2 Å². The van der Waals surface area contributed by atoms with E-state index in [-0.39, 0.29) is 5.91 Å². The van der Waals surface area contributed by atoms with E-state index in [4.69, 9.17) is 16.3 Å². The first-order valence-corrected chi connectivity index (χ1v) is 7.20. The third kappa shape index (κ3) is 4.08. The minimum Gasteiger partial charge on any atom is -0.494 e. The average molecular weight is 309 g/mol. The Morgan fingerprint density at radius 1 is 1.35 bits per heavy atom. The van der Waals surface area contributed by atoms with E-state index in [1.54, 1.807) is 36.5 Å². The smallest absolute Gasteiger partial charge is 0.271 e. The Morgan fingerprint density at radius 3 is 2.70 bits per heavy atom. The molecule has 0 unspecified atom stereocenters. The summed E-state index contributed by atoms with van der Waals surface area (Å²) in [5, 5.41) is 3.89. The fourth-order valence-electron chi connectivity index (χ4n) is 1.49. The Balaban J connectivity index is 1.92. The number of hydrogen-bond acceptors (Lipinski definition) is 4. The molecule has 0 saturated heterocycles. The molecule has 104 valence electrons. The number of carbonyl (C=O) groups is 1. The molecular weight excluding hydrogens is 296 g/mol. The van der Waals surface area contributed by atoms with E-state index in [0.717, 1.165) is 10.6 Å². The zero-order valence-electron chi connectivity index (χ0n) is 10.8. The SMILES string of the molecule is CCOc1ccc(C(=O)N/N=C\c2ccc(Cl)s2)cc1. The third-order valence-electron chi connectivity index (χ3n) is 2.38. The van der Waals surface area contributed by atoms with Gasteiger partial charge in [-0.3, -0.25) is 4.79 Å². The van der Waals surface area contributed by atoms with Crippen molar-refractivity contribution in [2.75, 3.05) is 6.61 Å². The highest BCUT2D eigenvalue weighted by Crippen LogP contribution is 2.19. The van der Waals surface area contributed by atoms with E-state index in [9.17, 15) is 4.79 Å². The number of nitrogens with zero attached hydrogens (tertiary/aromatic N) is 1. The van der Waals surface area contributed by atoms with Crippen LogP contribution in [0.15, 0.2) is 41.5 Å². The maximum atomic E-state index is 11.8. The van der Waals surface area contributed by atoms with Gasteiger partial charge in [0.25, 0.3) is 5.91 Å². The minimum atomic E-state index is -0.271. The van der Waals surface area contributed by atoms with E-state index in [1.165, 1.54) is 11.3 Å². The molecule has 20 heavy (non-hydrogen) atoms. The summed E-state index contributed by atoms with van der Waals surface area (Å²) >= 11 is 7.19. The van der Waals surface area contributed by atoms with Gasteiger partial charge in [-0.15, -0.1) is 11.3 Å². The van der Waals surface area contributed by atoms with Crippen molar-refractivity contribution in [3.05, 3.63) is 51.2 Å². The van der Waals surface area contributed by atoms with Gasteiger partial charge >= 0.3 is 0 Å². The van der Waals surface area contributed by atoms with Gasteiger partial charge < -0.3 is 4.74 Å². The fourth-order valence-corrected chi connectivity index (χ4v) is 2.42. The number of nitrogens with one attached hydrogen (secondary N) is 1. The lowest BCUT2D eigenvalue weighted by Gasteiger charge is -2.03. The lowest BCUT2D eigenvalue weighted by Crippen LogP contribution is -2.17. The van der Waals surface area contributed by atoms with Crippen LogP contribution in [0.4, 0.5) is 0 Å². The molecule has 0 fully saturated rings. The molecule has 0 spiro atoms. The van der Waals surface area contributed by atoms with Crippen molar-refractivity contribution in [1.29, 1.82) is 0 Å². The summed E-state index contributed by atoms with van der Waals surface area (Å²) in [5.41, 5.74) is 2.98. The summed E-state index contributed by atoms with van der Waals surface area (Å²) in [7, 11) is 0. The topological polar surface area (TPSA) is 50.7 Å². The molecule has 2 aromatic rings. The number of rotatable bonds is 5. The van der Waals surface area contributed by atoms with E-state index < -0.39 is 0 Å². The second-order valence-electron chi connectivity index (χ2n) is 3.80. The molecule has 1 N–H and O–H groups in total. The number of amides is 1. The zero-order valence-corrected chi connectivity index (χ0v) is 12.4. The van der Waals surface area contributed by atoms with Crippen LogP contribution in [0.25, 0.3) is 0 Å². The molecule has 0 bridgehead atoms. The van der Waals surface area contributed by atoms with Crippen LogP contribution in [0.2, 0.25) is 4.34 Å². The Kier molecular flexibility index (Phi) is 5.15. The number of halogens is 1. The van der Waals surface area contributed by atoms with Gasteiger partial charge in [0.05, 0.1) is 17.2 Å². The summed E-state index contributed by atoms with van der Waals surface area (Å²) in [4.78, 5) is 12.7. The Morgan fingerprint density at radius 2 is 2.10 bits per heavy atom. The van der Waals surface area contributed by atoms with Crippen molar-refractivity contribution in [1.82, 2.24) is 5.43 Å². The number of hydrazone groups is 1. The maximum Gasteiger partial charge on any atom is 0.271 e. The van der Waals surface area contributed by atoms with Gasteiger partial charge in [0.1, 0.15) is 5.75 Å². The molecule has 1 heterocycles. The maximum absolute atomic E-state index is 11.8. The highest BCUT2D eigenvalue weighted by molar-refractivity contribution is 7.17. The van der Waals surface area contributed by atoms with Crippen LogP contribution in [-0.2, 0) is 0 Å². The molecular formula is C14H13ClN2O2S. The van der Waals surface area contributed by atoms with E-state index >= 15 is 0 Å². The van der Waals surface area contributed by atoms with Crippen LogP contribution < -0.4 is 10.2 Å². The first-order chi connectivity index (χ1) is 9.69. The molecule has 1 amide bonds. The molecule has 0 saturated carbocycles. The molecule has 0 aliphatic rings. The second kappa shape index (κ2) is 7.07. The highest BCUT2D eigenvalue weighted by Gasteiger charge is 2.04. The van der Waals surface area contributed by atoms with Gasteiger partial charge in [-0.2, -0.15) is 5.10 Å². The highest BCUT2D eigenvalue weighted by atomic mass is 35.5. The second-order valence-corrected chi connectivity index (χ2v) is 5.55. The molecule has 0 radical (unpaired) electrons. The number of thiophene rings is 1. The molecule has 2 rings (SSSR count). The van der Waals surface area contributed by atoms with Crippen LogP contribution >= 0.6 is 22.9 Å². The Hall–Kier alpha value is -1.85. The van der Waals surface area contributed by atoms with Crippen LogP contribution in [-0.4, -0.2) is 18.7 Å². The minimum absolute atomic E-state index is 0.271. The summed E-state index contributed by atoms with van der Waals surface area (Å²) in [6, 6.07) is 10.5. The van der Waals surface area contributed by atoms with E-state index in [0.29, 0.717) is 16.5 Å². The van der Waals surface area contributed by atoms with E-state index in [2.05, 4.69) is 10.5 Å². The van der Waals surface area contributed by atoms with Crippen LogP contribution in [0.5, 0.6) is 5.75 Å². The van der Waals surface area contributed by atoms with Crippen LogP contribution in [0.3, 0.4) is 0 Å². The van der Waals surface area contributed by atoms with Gasteiger partial charge in [0.15, 0.2) is 0 Å². The Bertz CT molecular complexity index is 608. The lowest BCUT2D eigenvalue weighted by atomic mass is 10.2. The monoisotopic (exact) mass is 308 g/mol. The van der Waals surface area contributed by atoms with Gasteiger partial charge in [-0.05, 0) is 43.3 Å². The first kappa shape index (κ1) is 14.6. The van der Waals surface area contributed by atoms with Crippen molar-refractivity contribution in [3.63, 3.8) is 0 Å². The van der Waals surface area contributed by atoms with Crippen molar-refractivity contribution >= 4 is 35.1 Å². The zero-order chi connectivity index (χ0) is 14.4. The summed E-state index contributed by atoms with van der Waals surface area (Å²) in [6.07, 6.45) is 1.56. The molecule has 1 aromatic heterocycles. The largest absolute Gasteiger partial charge is 0.494 e. The van der Waals surface area contributed by atoms with Crippen molar-refractivity contribution in [3.8, 4) is 5.75 Å². The fraction of sp³-hybridized carbons (Fsp3) is 0.143. The normalized spacial score (nSPS) is 10.7. The average Bonchev–Trinajstić information content (AvgIpc) is 2.85. The molecule has 0 aliphatic carbocycles. The molecule has 0 atom stereocenters. The summed E-state index contributed by atoms with van der Waals surface area (Å²) < 4.78 is 5.99.